The second kappa shape index (κ2) is 8.16. The number of imidazole rings is 1. The topological polar surface area (TPSA) is 57.8 Å². The van der Waals surface area contributed by atoms with E-state index in [1.54, 1.807) is 30.0 Å². The van der Waals surface area contributed by atoms with Gasteiger partial charge in [-0.1, -0.05) is 30.3 Å². The number of nitrogens with zero attached hydrogens (tertiary/aromatic N) is 1. The summed E-state index contributed by atoms with van der Waals surface area (Å²) in [7, 11) is 0. The van der Waals surface area contributed by atoms with Crippen molar-refractivity contribution in [3.63, 3.8) is 0 Å². The maximum atomic E-state index is 13.8. The van der Waals surface area contributed by atoms with Crippen molar-refractivity contribution in [2.45, 2.75) is 18.9 Å². The molecular formula is C19H20FN3OS. The molecule has 25 heavy (non-hydrogen) atoms. The Hall–Kier alpha value is -2.34. The molecule has 0 bridgehead atoms. The molecule has 3 aromatic rings. The van der Waals surface area contributed by atoms with E-state index < -0.39 is 0 Å². The molecule has 0 saturated heterocycles. The number of amides is 1. The number of aromatic amines is 1. The Morgan fingerprint density at radius 1 is 1.24 bits per heavy atom. The van der Waals surface area contributed by atoms with Gasteiger partial charge >= 0.3 is 0 Å². The molecule has 2 aromatic carbocycles. The van der Waals surface area contributed by atoms with Crippen molar-refractivity contribution in [2.75, 3.05) is 12.0 Å². The first kappa shape index (κ1) is 17.5. The molecule has 3 rings (SSSR count). The molecule has 2 N–H and O–H groups in total. The Morgan fingerprint density at radius 3 is 2.76 bits per heavy atom. The number of benzene rings is 2. The molecule has 0 saturated carbocycles. The zero-order valence-corrected chi connectivity index (χ0v) is 14.8. The van der Waals surface area contributed by atoms with Gasteiger partial charge in [0.1, 0.15) is 11.6 Å². The van der Waals surface area contributed by atoms with Gasteiger partial charge in [-0.15, -0.1) is 0 Å². The van der Waals surface area contributed by atoms with E-state index in [-0.39, 0.29) is 24.2 Å². The Balaban J connectivity index is 1.76. The molecule has 130 valence electrons. The number of rotatable bonds is 7. The summed E-state index contributed by atoms with van der Waals surface area (Å²) >= 11 is 1.71. The van der Waals surface area contributed by atoms with Gasteiger partial charge in [-0.2, -0.15) is 11.8 Å². The van der Waals surface area contributed by atoms with Crippen LogP contribution in [0.25, 0.3) is 11.0 Å². The quantitative estimate of drug-likeness (QED) is 0.675. The number of thioether (sulfide) groups is 1. The van der Waals surface area contributed by atoms with Crippen LogP contribution in [0, 0.1) is 5.82 Å². The summed E-state index contributed by atoms with van der Waals surface area (Å²) in [6, 6.07) is 13.9. The largest absolute Gasteiger partial charge is 0.346 e. The zero-order chi connectivity index (χ0) is 17.6. The lowest BCUT2D eigenvalue weighted by Gasteiger charge is -2.16. The number of carbonyl (C=O) groups excluding carboxylic acids is 1. The van der Waals surface area contributed by atoms with E-state index in [9.17, 15) is 9.18 Å². The first-order valence-electron chi connectivity index (χ1n) is 8.13. The SMILES string of the molecule is CSCCC(NC(=O)Cc1ccccc1F)c1nc2ccccc2[nH]1. The summed E-state index contributed by atoms with van der Waals surface area (Å²) in [6.07, 6.45) is 2.80. The molecule has 0 radical (unpaired) electrons. The lowest BCUT2D eigenvalue weighted by atomic mass is 10.1. The second-order valence-corrected chi connectivity index (χ2v) is 6.79. The fourth-order valence-electron chi connectivity index (χ4n) is 2.71. The molecule has 4 nitrogen and oxygen atoms in total. The maximum Gasteiger partial charge on any atom is 0.225 e. The standard InChI is InChI=1S/C19H20FN3OS/c1-25-11-10-17(19-22-15-8-4-5-9-16(15)23-19)21-18(24)12-13-6-2-3-7-14(13)20/h2-9,17H,10-12H2,1H3,(H,21,24)(H,22,23). The predicted molar refractivity (Wildman–Crippen MR) is 100 cm³/mol. The second-order valence-electron chi connectivity index (χ2n) is 5.81. The van der Waals surface area contributed by atoms with Crippen molar-refractivity contribution in [1.29, 1.82) is 0 Å². The zero-order valence-electron chi connectivity index (χ0n) is 14.0. The molecule has 1 aromatic heterocycles. The summed E-state index contributed by atoms with van der Waals surface area (Å²) < 4.78 is 13.8. The Morgan fingerprint density at radius 2 is 2.00 bits per heavy atom. The third-order valence-electron chi connectivity index (χ3n) is 3.99. The predicted octanol–water partition coefficient (Wildman–Crippen LogP) is 3.86. The van der Waals surface area contributed by atoms with Gasteiger partial charge in [0.2, 0.25) is 5.91 Å². The van der Waals surface area contributed by atoms with Gasteiger partial charge in [0.05, 0.1) is 23.5 Å². The third kappa shape index (κ3) is 4.39. The highest BCUT2D eigenvalue weighted by Crippen LogP contribution is 2.20. The maximum absolute atomic E-state index is 13.8. The van der Waals surface area contributed by atoms with Gasteiger partial charge in [-0.25, -0.2) is 9.37 Å². The highest BCUT2D eigenvalue weighted by Gasteiger charge is 2.19. The third-order valence-corrected chi connectivity index (χ3v) is 4.64. The van der Waals surface area contributed by atoms with Crippen LogP contribution in [-0.4, -0.2) is 27.9 Å². The monoisotopic (exact) mass is 357 g/mol. The van der Waals surface area contributed by atoms with Gasteiger partial charge in [0, 0.05) is 0 Å². The van der Waals surface area contributed by atoms with Crippen molar-refractivity contribution in [2.24, 2.45) is 0 Å². The Labute approximate surface area is 150 Å². The summed E-state index contributed by atoms with van der Waals surface area (Å²) in [6.45, 7) is 0. The first-order valence-corrected chi connectivity index (χ1v) is 9.53. The number of aromatic nitrogens is 2. The number of carbonyl (C=O) groups is 1. The van der Waals surface area contributed by atoms with E-state index in [2.05, 4.69) is 15.3 Å². The minimum absolute atomic E-state index is 0.0165. The van der Waals surface area contributed by atoms with Crippen molar-refractivity contribution >= 4 is 28.7 Å². The van der Waals surface area contributed by atoms with Crippen LogP contribution in [0.5, 0.6) is 0 Å². The molecule has 1 atom stereocenters. The van der Waals surface area contributed by atoms with Gasteiger partial charge in [0.25, 0.3) is 0 Å². The fraction of sp³-hybridized carbons (Fsp3) is 0.263. The smallest absolute Gasteiger partial charge is 0.225 e. The van der Waals surface area contributed by atoms with E-state index in [1.165, 1.54) is 6.07 Å². The Kier molecular flexibility index (Phi) is 5.71. The highest BCUT2D eigenvalue weighted by molar-refractivity contribution is 7.98. The van der Waals surface area contributed by atoms with Gasteiger partial charge in [-0.05, 0) is 42.2 Å². The molecule has 6 heteroatoms. The van der Waals surface area contributed by atoms with Crippen molar-refractivity contribution < 1.29 is 9.18 Å². The van der Waals surface area contributed by atoms with Crippen LogP contribution >= 0.6 is 11.8 Å². The number of halogens is 1. The number of nitrogens with one attached hydrogen (secondary N) is 2. The number of H-pyrrole nitrogens is 1. The molecule has 0 aliphatic heterocycles. The number of hydrogen-bond acceptors (Lipinski definition) is 3. The van der Waals surface area contributed by atoms with Crippen molar-refractivity contribution in [3.05, 3.63) is 65.7 Å². The van der Waals surface area contributed by atoms with E-state index in [0.29, 0.717) is 5.56 Å². The number of fused-ring (bicyclic) bond motifs is 1. The number of para-hydroxylation sites is 2. The molecular weight excluding hydrogens is 337 g/mol. The van der Waals surface area contributed by atoms with Crippen LogP contribution in [0.4, 0.5) is 4.39 Å². The number of hydrogen-bond donors (Lipinski definition) is 2. The van der Waals surface area contributed by atoms with Crippen LogP contribution in [0.15, 0.2) is 48.5 Å². The summed E-state index contributed by atoms with van der Waals surface area (Å²) in [5.41, 5.74) is 2.21. The average Bonchev–Trinajstić information content (AvgIpc) is 3.04. The van der Waals surface area contributed by atoms with Crippen molar-refractivity contribution in [3.8, 4) is 0 Å². The molecule has 1 amide bonds. The summed E-state index contributed by atoms with van der Waals surface area (Å²) in [5.74, 6) is 1.05. The van der Waals surface area contributed by atoms with Crippen molar-refractivity contribution in [1.82, 2.24) is 15.3 Å². The van der Waals surface area contributed by atoms with Crippen LogP contribution in [-0.2, 0) is 11.2 Å². The van der Waals surface area contributed by atoms with Crippen LogP contribution in [0.1, 0.15) is 23.9 Å². The van der Waals surface area contributed by atoms with Crippen LogP contribution in [0.2, 0.25) is 0 Å². The van der Waals surface area contributed by atoms with Gasteiger partial charge in [-0.3, -0.25) is 4.79 Å². The lowest BCUT2D eigenvalue weighted by molar-refractivity contribution is -0.121. The summed E-state index contributed by atoms with van der Waals surface area (Å²) in [5, 5.41) is 2.99. The molecule has 0 spiro atoms. The van der Waals surface area contributed by atoms with Gasteiger partial charge in [0.15, 0.2) is 0 Å². The lowest BCUT2D eigenvalue weighted by Crippen LogP contribution is -2.31. The van der Waals surface area contributed by atoms with E-state index in [0.717, 1.165) is 29.0 Å². The van der Waals surface area contributed by atoms with E-state index in [1.807, 2.05) is 30.5 Å². The van der Waals surface area contributed by atoms with Crippen LogP contribution in [0.3, 0.4) is 0 Å². The minimum Gasteiger partial charge on any atom is -0.346 e. The first-order chi connectivity index (χ1) is 12.2. The fourth-order valence-corrected chi connectivity index (χ4v) is 3.18. The van der Waals surface area contributed by atoms with Gasteiger partial charge < -0.3 is 10.3 Å². The minimum atomic E-state index is -0.359. The molecule has 1 heterocycles. The van der Waals surface area contributed by atoms with E-state index in [4.69, 9.17) is 0 Å². The van der Waals surface area contributed by atoms with Crippen LogP contribution < -0.4 is 5.32 Å². The normalized spacial score (nSPS) is 12.2. The Bertz CT molecular complexity index is 832. The highest BCUT2D eigenvalue weighted by atomic mass is 32.2. The molecule has 0 aliphatic carbocycles. The molecule has 1 unspecified atom stereocenters. The van der Waals surface area contributed by atoms with E-state index >= 15 is 0 Å². The average molecular weight is 357 g/mol. The molecule has 0 aliphatic rings. The summed E-state index contributed by atoms with van der Waals surface area (Å²) in [4.78, 5) is 20.3. The molecule has 0 fully saturated rings.